The molecule has 0 aliphatic rings. The van der Waals surface area contributed by atoms with Gasteiger partial charge in [0.25, 0.3) is 0 Å². The molecule has 0 N–H and O–H groups in total. The maximum atomic E-state index is 4.52. The molecule has 0 atom stereocenters. The fourth-order valence-electron chi connectivity index (χ4n) is 2.88. The van der Waals surface area contributed by atoms with Crippen LogP contribution < -0.4 is 0 Å². The van der Waals surface area contributed by atoms with E-state index in [2.05, 4.69) is 49.9 Å². The van der Waals surface area contributed by atoms with E-state index in [0.29, 0.717) is 5.82 Å². The largest absolute Gasteiger partial charge is 0.294 e. The second-order valence-electron chi connectivity index (χ2n) is 5.39. The van der Waals surface area contributed by atoms with Gasteiger partial charge in [0.1, 0.15) is 6.33 Å². The molecule has 0 spiro atoms. The molecule has 0 amide bonds. The van der Waals surface area contributed by atoms with Gasteiger partial charge in [0, 0.05) is 11.9 Å². The van der Waals surface area contributed by atoms with Crippen LogP contribution in [0.5, 0.6) is 0 Å². The minimum atomic E-state index is 0.689. The first-order valence-corrected chi connectivity index (χ1v) is 7.84. The average Bonchev–Trinajstić information content (AvgIpc) is 3.04. The maximum absolute atomic E-state index is 4.52. The highest BCUT2D eigenvalue weighted by Crippen LogP contribution is 2.33. The van der Waals surface area contributed by atoms with E-state index in [1.54, 1.807) is 12.5 Å². The molecule has 0 fully saturated rings. The van der Waals surface area contributed by atoms with E-state index >= 15 is 0 Å². The van der Waals surface area contributed by atoms with Gasteiger partial charge >= 0.3 is 0 Å². The molecule has 0 aliphatic heterocycles. The lowest BCUT2D eigenvalue weighted by Crippen LogP contribution is -1.98. The van der Waals surface area contributed by atoms with Gasteiger partial charge in [0.15, 0.2) is 11.5 Å². The lowest BCUT2D eigenvalue weighted by atomic mass is 10.1. The summed E-state index contributed by atoms with van der Waals surface area (Å²) in [4.78, 5) is 13.2. The third-order valence-electron chi connectivity index (χ3n) is 3.91. The molecule has 4 aromatic rings. The SMILES string of the molecule is C/C=N\c1ncnc2c1cc(-c1ccccc1)n2-c1ccccc1. The summed E-state index contributed by atoms with van der Waals surface area (Å²) in [5.74, 6) is 0.689. The molecule has 0 radical (unpaired) electrons. The van der Waals surface area contributed by atoms with Gasteiger partial charge in [0.05, 0.1) is 11.1 Å². The molecule has 4 heteroatoms. The van der Waals surface area contributed by atoms with Crippen LogP contribution in [0.3, 0.4) is 0 Å². The first-order valence-electron chi connectivity index (χ1n) is 7.84. The number of rotatable bonds is 3. The van der Waals surface area contributed by atoms with Gasteiger partial charge in [0.2, 0.25) is 0 Å². The van der Waals surface area contributed by atoms with Gasteiger partial charge in [-0.15, -0.1) is 0 Å². The number of fused-ring (bicyclic) bond motifs is 1. The average molecular weight is 312 g/mol. The van der Waals surface area contributed by atoms with Crippen LogP contribution in [-0.2, 0) is 0 Å². The minimum absolute atomic E-state index is 0.689. The maximum Gasteiger partial charge on any atom is 0.164 e. The molecular formula is C20H16N4. The van der Waals surface area contributed by atoms with E-state index in [-0.39, 0.29) is 0 Å². The number of aromatic nitrogens is 3. The molecule has 24 heavy (non-hydrogen) atoms. The van der Waals surface area contributed by atoms with Gasteiger partial charge in [-0.3, -0.25) is 4.57 Å². The Balaban J connectivity index is 2.09. The van der Waals surface area contributed by atoms with Crippen molar-refractivity contribution in [1.82, 2.24) is 14.5 Å². The van der Waals surface area contributed by atoms with Crippen molar-refractivity contribution in [2.24, 2.45) is 4.99 Å². The number of para-hydroxylation sites is 1. The van der Waals surface area contributed by atoms with Gasteiger partial charge in [-0.2, -0.15) is 0 Å². The summed E-state index contributed by atoms with van der Waals surface area (Å²) in [7, 11) is 0. The summed E-state index contributed by atoms with van der Waals surface area (Å²) in [6.07, 6.45) is 3.32. The van der Waals surface area contributed by atoms with Crippen molar-refractivity contribution < 1.29 is 0 Å². The number of hydrogen-bond acceptors (Lipinski definition) is 3. The summed E-state index contributed by atoms with van der Waals surface area (Å²) in [5, 5.41) is 0.943. The molecule has 0 aliphatic carbocycles. The van der Waals surface area contributed by atoms with E-state index in [4.69, 9.17) is 0 Å². The van der Waals surface area contributed by atoms with Crippen molar-refractivity contribution in [3.8, 4) is 16.9 Å². The Labute approximate surface area is 140 Å². The Morgan fingerprint density at radius 3 is 2.33 bits per heavy atom. The lowest BCUT2D eigenvalue weighted by Gasteiger charge is -2.10. The summed E-state index contributed by atoms with van der Waals surface area (Å²) in [5.41, 5.74) is 4.13. The van der Waals surface area contributed by atoms with Crippen LogP contribution in [0.25, 0.3) is 28.0 Å². The number of aliphatic imine (C=N–C) groups is 1. The summed E-state index contributed by atoms with van der Waals surface area (Å²) in [6, 6.07) is 22.6. The van der Waals surface area contributed by atoms with Crippen molar-refractivity contribution in [2.45, 2.75) is 6.92 Å². The van der Waals surface area contributed by atoms with Crippen molar-refractivity contribution in [3.05, 3.63) is 73.1 Å². The Morgan fingerprint density at radius 2 is 1.62 bits per heavy atom. The number of nitrogens with zero attached hydrogens (tertiary/aromatic N) is 4. The van der Waals surface area contributed by atoms with E-state index in [0.717, 1.165) is 28.0 Å². The van der Waals surface area contributed by atoms with Gasteiger partial charge in [-0.1, -0.05) is 48.5 Å². The quantitative estimate of drug-likeness (QED) is 0.509. The van der Waals surface area contributed by atoms with Crippen molar-refractivity contribution in [2.75, 3.05) is 0 Å². The van der Waals surface area contributed by atoms with Crippen LogP contribution in [0.15, 0.2) is 78.0 Å². The zero-order valence-electron chi connectivity index (χ0n) is 13.3. The van der Waals surface area contributed by atoms with E-state index < -0.39 is 0 Å². The molecule has 4 rings (SSSR count). The number of benzene rings is 2. The predicted molar refractivity (Wildman–Crippen MR) is 98.1 cm³/mol. The summed E-state index contributed by atoms with van der Waals surface area (Å²) in [6.45, 7) is 1.89. The van der Waals surface area contributed by atoms with Crippen LogP contribution in [0.1, 0.15) is 6.92 Å². The van der Waals surface area contributed by atoms with Crippen molar-refractivity contribution in [1.29, 1.82) is 0 Å². The van der Waals surface area contributed by atoms with Gasteiger partial charge in [-0.25, -0.2) is 15.0 Å². The van der Waals surface area contributed by atoms with E-state index in [1.807, 2.05) is 43.3 Å². The minimum Gasteiger partial charge on any atom is -0.294 e. The van der Waals surface area contributed by atoms with Gasteiger partial charge in [-0.05, 0) is 30.7 Å². The van der Waals surface area contributed by atoms with Crippen LogP contribution in [0.4, 0.5) is 5.82 Å². The second-order valence-corrected chi connectivity index (χ2v) is 5.39. The Kier molecular flexibility index (Phi) is 3.63. The fraction of sp³-hybridized carbons (Fsp3) is 0.0500. The topological polar surface area (TPSA) is 43.1 Å². The second kappa shape index (κ2) is 6.08. The highest BCUT2D eigenvalue weighted by atomic mass is 15.1. The van der Waals surface area contributed by atoms with Crippen LogP contribution in [0, 0.1) is 0 Å². The Bertz CT molecular complexity index is 1000. The first-order chi connectivity index (χ1) is 11.9. The normalized spacial score (nSPS) is 11.4. The number of hydrogen-bond donors (Lipinski definition) is 0. The predicted octanol–water partition coefficient (Wildman–Crippen LogP) is 4.81. The molecule has 0 saturated heterocycles. The molecule has 2 aromatic carbocycles. The Morgan fingerprint density at radius 1 is 0.917 bits per heavy atom. The third kappa shape index (κ3) is 2.38. The molecule has 0 unspecified atom stereocenters. The third-order valence-corrected chi connectivity index (χ3v) is 3.91. The molecule has 0 bridgehead atoms. The standard InChI is InChI=1S/C20H16N4/c1-2-21-19-17-13-18(15-9-5-3-6-10-15)24(20(17)23-14-22-19)16-11-7-4-8-12-16/h2-14H,1H3/b21-2-. The molecule has 0 saturated carbocycles. The molecular weight excluding hydrogens is 296 g/mol. The van der Waals surface area contributed by atoms with Crippen LogP contribution in [0.2, 0.25) is 0 Å². The van der Waals surface area contributed by atoms with Crippen LogP contribution in [-0.4, -0.2) is 20.7 Å². The molecule has 116 valence electrons. The van der Waals surface area contributed by atoms with Crippen LogP contribution >= 0.6 is 0 Å². The van der Waals surface area contributed by atoms with E-state index in [9.17, 15) is 0 Å². The molecule has 2 heterocycles. The smallest absolute Gasteiger partial charge is 0.164 e. The summed E-state index contributed by atoms with van der Waals surface area (Å²) < 4.78 is 2.15. The Hall–Kier alpha value is -3.27. The van der Waals surface area contributed by atoms with Crippen molar-refractivity contribution in [3.63, 3.8) is 0 Å². The molecule has 4 nitrogen and oxygen atoms in total. The van der Waals surface area contributed by atoms with E-state index in [1.165, 1.54) is 0 Å². The highest BCUT2D eigenvalue weighted by Gasteiger charge is 2.15. The first kappa shape index (κ1) is 14.3. The fourth-order valence-corrected chi connectivity index (χ4v) is 2.88. The lowest BCUT2D eigenvalue weighted by molar-refractivity contribution is 1.08. The van der Waals surface area contributed by atoms with Crippen molar-refractivity contribution >= 4 is 23.1 Å². The zero-order valence-corrected chi connectivity index (χ0v) is 13.3. The highest BCUT2D eigenvalue weighted by molar-refractivity contribution is 5.93. The molecule has 2 aromatic heterocycles. The van der Waals surface area contributed by atoms with Gasteiger partial charge < -0.3 is 0 Å². The zero-order chi connectivity index (χ0) is 16.4. The monoisotopic (exact) mass is 312 g/mol. The summed E-state index contributed by atoms with van der Waals surface area (Å²) >= 11 is 0.